The molecule has 0 saturated heterocycles. The molecule has 6 atom stereocenters. The summed E-state index contributed by atoms with van der Waals surface area (Å²) in [6, 6.07) is 0. The molecule has 0 aromatic heterocycles. The molecule has 4 fully saturated rings. The van der Waals surface area contributed by atoms with E-state index >= 15 is 0 Å². The van der Waals surface area contributed by atoms with Crippen molar-refractivity contribution in [2.45, 2.75) is 91.6 Å². The Hall–Kier alpha value is 0.645. The van der Waals surface area contributed by atoms with Gasteiger partial charge in [0.1, 0.15) is 12.6 Å². The normalized spacial score (nSPS) is 30.7. The first-order valence-electron chi connectivity index (χ1n) is 11.6. The Morgan fingerprint density at radius 1 is 0.719 bits per heavy atom. The maximum Gasteiger partial charge on any atom is 2.00 e. The first kappa shape index (κ1) is 34.8. The second kappa shape index (κ2) is 18.0. The van der Waals surface area contributed by atoms with E-state index in [2.05, 4.69) is 12.8 Å². The molecule has 4 bridgehead atoms. The van der Waals surface area contributed by atoms with Crippen LogP contribution >= 0.6 is 0 Å². The number of aliphatic hydroxyl groups excluding tert-OH is 2. The van der Waals surface area contributed by atoms with Crippen LogP contribution in [0.3, 0.4) is 0 Å². The van der Waals surface area contributed by atoms with E-state index in [-0.39, 0.29) is 40.8 Å². The second-order valence-corrected chi connectivity index (χ2v) is 9.74. The summed E-state index contributed by atoms with van der Waals surface area (Å²) < 4.78 is 0. The van der Waals surface area contributed by atoms with Crippen LogP contribution in [0.1, 0.15) is 79.1 Å². The molecule has 192 valence electrons. The first-order chi connectivity index (χ1) is 14.0. The van der Waals surface area contributed by atoms with Gasteiger partial charge in [-0.15, -0.1) is 0 Å². The van der Waals surface area contributed by atoms with Gasteiger partial charge in [-0.05, 0) is 13.8 Å². The number of aliphatic hydroxyl groups is 4. The Bertz CT molecular complexity index is 472. The van der Waals surface area contributed by atoms with Crippen molar-refractivity contribution in [3.05, 3.63) is 37.1 Å². The summed E-state index contributed by atoms with van der Waals surface area (Å²) in [7, 11) is 0. The van der Waals surface area contributed by atoms with Crippen molar-refractivity contribution in [3.63, 3.8) is 0 Å². The molecule has 6 unspecified atom stereocenters. The Morgan fingerprint density at radius 3 is 1.16 bits per heavy atom. The van der Waals surface area contributed by atoms with Crippen LogP contribution in [0.4, 0.5) is 0 Å². The Morgan fingerprint density at radius 2 is 1.00 bits per heavy atom. The van der Waals surface area contributed by atoms with E-state index in [4.69, 9.17) is 33.6 Å². The second-order valence-electron chi connectivity index (χ2n) is 9.74. The van der Waals surface area contributed by atoms with Crippen LogP contribution in [-0.2, 0) is 40.8 Å². The standard InChI is InChI=1S/2C11H16.2C2H6O2.2Pd/c2*1-8(2)5-11-7-9-3-4-10(11)6-9;2*1-2(3)4;;/h2*1,7,9-11H,3-6H2,2H3;2*2-4H,1H3;;/q2*-2;;;2*+2. The molecule has 32 heavy (non-hydrogen) atoms. The van der Waals surface area contributed by atoms with Crippen LogP contribution in [0.5, 0.6) is 0 Å². The third-order valence-electron chi connectivity index (χ3n) is 6.39. The van der Waals surface area contributed by atoms with Crippen molar-refractivity contribution in [2.75, 3.05) is 0 Å². The number of hydrogen-bond donors (Lipinski definition) is 4. The van der Waals surface area contributed by atoms with Gasteiger partial charge >= 0.3 is 40.8 Å². The van der Waals surface area contributed by atoms with E-state index in [1.807, 2.05) is 13.8 Å². The summed E-state index contributed by atoms with van der Waals surface area (Å²) in [5.41, 5.74) is 2.22. The van der Waals surface area contributed by atoms with Gasteiger partial charge < -0.3 is 46.4 Å². The van der Waals surface area contributed by atoms with E-state index < -0.39 is 12.6 Å². The third-order valence-corrected chi connectivity index (χ3v) is 6.39. The molecule has 0 aromatic carbocycles. The molecule has 0 spiro atoms. The average molecular weight is 633 g/mol. The van der Waals surface area contributed by atoms with Gasteiger partial charge in [-0.25, -0.2) is 0 Å². The molecule has 4 nitrogen and oxygen atoms in total. The molecule has 0 amide bonds. The van der Waals surface area contributed by atoms with Gasteiger partial charge in [-0.2, -0.15) is 23.7 Å². The maximum absolute atomic E-state index is 7.61. The van der Waals surface area contributed by atoms with E-state index in [1.54, 1.807) is 0 Å². The molecule has 4 aliphatic carbocycles. The molecular weight excluding hydrogens is 589 g/mol. The van der Waals surface area contributed by atoms with E-state index in [0.29, 0.717) is 0 Å². The zero-order valence-electron chi connectivity index (χ0n) is 20.0. The first-order valence-corrected chi connectivity index (χ1v) is 11.6. The van der Waals surface area contributed by atoms with Crippen molar-refractivity contribution in [1.82, 2.24) is 0 Å². The van der Waals surface area contributed by atoms with Gasteiger partial charge in [-0.3, -0.25) is 11.1 Å². The van der Waals surface area contributed by atoms with E-state index in [9.17, 15) is 0 Å². The predicted molar refractivity (Wildman–Crippen MR) is 121 cm³/mol. The van der Waals surface area contributed by atoms with Crippen LogP contribution in [0, 0.1) is 61.5 Å². The summed E-state index contributed by atoms with van der Waals surface area (Å²) in [6.07, 6.45) is 13.8. The van der Waals surface area contributed by atoms with Crippen molar-refractivity contribution in [1.29, 1.82) is 0 Å². The summed E-state index contributed by atoms with van der Waals surface area (Å²) in [5.74, 6) is 5.53. The molecule has 0 aromatic rings. The van der Waals surface area contributed by atoms with E-state index in [1.165, 1.54) is 52.4 Å². The molecule has 0 radical (unpaired) electrons. The maximum atomic E-state index is 7.61. The fourth-order valence-electron chi connectivity index (χ4n) is 5.46. The third kappa shape index (κ3) is 14.8. The minimum atomic E-state index is -1.17. The minimum Gasteiger partial charge on any atom is -0.515 e. The Balaban J connectivity index is 0. The summed E-state index contributed by atoms with van der Waals surface area (Å²) in [5, 5.41) is 30.4. The molecule has 6 heteroatoms. The molecule has 4 rings (SSSR count). The van der Waals surface area contributed by atoms with Crippen LogP contribution in [-0.4, -0.2) is 33.0 Å². The van der Waals surface area contributed by atoms with Gasteiger partial charge in [-0.1, -0.05) is 77.0 Å². The zero-order chi connectivity index (χ0) is 22.8. The fraction of sp³-hybridized carbons (Fsp3) is 0.769. The van der Waals surface area contributed by atoms with Crippen LogP contribution < -0.4 is 0 Å². The van der Waals surface area contributed by atoms with Crippen LogP contribution in [0.2, 0.25) is 0 Å². The monoisotopic (exact) mass is 632 g/mol. The van der Waals surface area contributed by atoms with Gasteiger partial charge in [0.15, 0.2) is 0 Å². The van der Waals surface area contributed by atoms with Crippen molar-refractivity contribution >= 4 is 0 Å². The number of hydrogen-bond acceptors (Lipinski definition) is 4. The van der Waals surface area contributed by atoms with Crippen LogP contribution in [0.15, 0.2) is 11.1 Å². The van der Waals surface area contributed by atoms with Crippen molar-refractivity contribution in [3.8, 4) is 0 Å². The molecule has 4 N–H and O–H groups in total. The van der Waals surface area contributed by atoms with Gasteiger partial charge in [0.2, 0.25) is 0 Å². The molecule has 0 heterocycles. The topological polar surface area (TPSA) is 80.9 Å². The summed E-state index contributed by atoms with van der Waals surface area (Å²) in [6.45, 7) is 18.0. The SMILES string of the molecule is CC(O)O.CC(O)O.[CH-]=C(C)CC1[CH-]C2CCC1C2.[CH-]=C(C)CC1[CH-]C2CCC1C2.[Pd+2].[Pd+2]. The number of rotatable bonds is 4. The Kier molecular flexibility index (Phi) is 19.6. The minimum absolute atomic E-state index is 0. The molecule has 4 aliphatic rings. The molecule has 0 aliphatic heterocycles. The molecular formula is C26H44O4Pd2. The Labute approximate surface area is 224 Å². The quantitative estimate of drug-likeness (QED) is 0.207. The number of allylic oxidation sites excluding steroid dienone is 2. The smallest absolute Gasteiger partial charge is 0.515 e. The fourth-order valence-corrected chi connectivity index (χ4v) is 5.46. The summed E-state index contributed by atoms with van der Waals surface area (Å²) >= 11 is 0. The van der Waals surface area contributed by atoms with E-state index in [0.717, 1.165) is 59.5 Å². The van der Waals surface area contributed by atoms with Gasteiger partial charge in [0.25, 0.3) is 0 Å². The van der Waals surface area contributed by atoms with Crippen molar-refractivity contribution < 1.29 is 61.3 Å². The van der Waals surface area contributed by atoms with Gasteiger partial charge in [0.05, 0.1) is 0 Å². The zero-order valence-corrected chi connectivity index (χ0v) is 23.1. The average Bonchev–Trinajstić information content (AvgIpc) is 3.34. The predicted octanol–water partition coefficient (Wildman–Crippen LogP) is 4.64. The van der Waals surface area contributed by atoms with Gasteiger partial charge in [0, 0.05) is 0 Å². The van der Waals surface area contributed by atoms with Crippen LogP contribution in [0.25, 0.3) is 0 Å². The summed E-state index contributed by atoms with van der Waals surface area (Å²) in [4.78, 5) is 0. The molecule has 4 saturated carbocycles. The van der Waals surface area contributed by atoms with Crippen molar-refractivity contribution in [2.24, 2.45) is 35.5 Å². The number of fused-ring (bicyclic) bond motifs is 4. The largest absolute Gasteiger partial charge is 2.00 e.